The van der Waals surface area contributed by atoms with Crippen LogP contribution in [0.15, 0.2) is 30.3 Å². The first-order chi connectivity index (χ1) is 16.7. The average molecular weight is 490 g/mol. The van der Waals surface area contributed by atoms with Crippen LogP contribution in [-0.4, -0.2) is 52.6 Å². The SMILES string of the molecule is NC(=O)c1cc(NC2CCNC2=O)nc(N2C3CCC2CC(Oc2ccc(C(F)(F)F)cc2)C3)n1. The summed E-state index contributed by atoms with van der Waals surface area (Å²) < 4.78 is 44.5. The van der Waals surface area contributed by atoms with Gasteiger partial charge in [0.1, 0.15) is 29.4 Å². The van der Waals surface area contributed by atoms with Crippen LogP contribution in [0.1, 0.15) is 48.2 Å². The van der Waals surface area contributed by atoms with E-state index in [2.05, 4.69) is 25.5 Å². The summed E-state index contributed by atoms with van der Waals surface area (Å²) >= 11 is 0. The van der Waals surface area contributed by atoms with Crippen LogP contribution >= 0.6 is 0 Å². The van der Waals surface area contributed by atoms with Gasteiger partial charge in [0, 0.05) is 37.5 Å². The number of ether oxygens (including phenoxy) is 1. The molecule has 186 valence electrons. The minimum Gasteiger partial charge on any atom is -0.490 e. The summed E-state index contributed by atoms with van der Waals surface area (Å²) in [6, 6.07) is 5.79. The first-order valence-electron chi connectivity index (χ1n) is 11.5. The number of aromatic nitrogens is 2. The van der Waals surface area contributed by atoms with Crippen LogP contribution in [0.25, 0.3) is 0 Å². The summed E-state index contributed by atoms with van der Waals surface area (Å²) in [7, 11) is 0. The van der Waals surface area contributed by atoms with Gasteiger partial charge in [-0.05, 0) is 43.5 Å². The number of nitrogens with one attached hydrogen (secondary N) is 2. The highest BCUT2D eigenvalue weighted by atomic mass is 19.4. The van der Waals surface area contributed by atoms with Gasteiger partial charge in [-0.25, -0.2) is 4.98 Å². The zero-order chi connectivity index (χ0) is 24.7. The molecule has 4 heterocycles. The van der Waals surface area contributed by atoms with Crippen LogP contribution in [0.3, 0.4) is 0 Å². The highest BCUT2D eigenvalue weighted by Crippen LogP contribution is 2.40. The smallest absolute Gasteiger partial charge is 0.416 e. The van der Waals surface area contributed by atoms with Crippen molar-refractivity contribution in [2.75, 3.05) is 16.8 Å². The Morgan fingerprint density at radius 1 is 1.11 bits per heavy atom. The van der Waals surface area contributed by atoms with E-state index in [0.717, 1.165) is 25.0 Å². The van der Waals surface area contributed by atoms with E-state index in [1.54, 1.807) is 0 Å². The second-order valence-corrected chi connectivity index (χ2v) is 9.10. The van der Waals surface area contributed by atoms with Gasteiger partial charge in [-0.1, -0.05) is 0 Å². The molecule has 4 N–H and O–H groups in total. The lowest BCUT2D eigenvalue weighted by atomic mass is 10.00. The van der Waals surface area contributed by atoms with Crippen LogP contribution in [0.2, 0.25) is 0 Å². The fraction of sp³-hybridized carbons (Fsp3) is 0.478. The van der Waals surface area contributed by atoms with Gasteiger partial charge in [-0.3, -0.25) is 9.59 Å². The number of alkyl halides is 3. The number of piperidine rings is 1. The Balaban J connectivity index is 1.32. The number of hydrogen-bond acceptors (Lipinski definition) is 7. The van der Waals surface area contributed by atoms with E-state index in [-0.39, 0.29) is 29.8 Å². The molecule has 0 saturated carbocycles. The molecule has 5 rings (SSSR count). The van der Waals surface area contributed by atoms with Crippen LogP contribution < -0.4 is 26.0 Å². The topological polar surface area (TPSA) is 122 Å². The van der Waals surface area contributed by atoms with Gasteiger partial charge in [0.25, 0.3) is 5.91 Å². The van der Waals surface area contributed by atoms with E-state index < -0.39 is 23.7 Å². The quantitative estimate of drug-likeness (QED) is 0.569. The lowest BCUT2D eigenvalue weighted by Gasteiger charge is -2.39. The number of hydrogen-bond donors (Lipinski definition) is 3. The predicted molar refractivity (Wildman–Crippen MR) is 120 cm³/mol. The molecule has 2 amide bonds. The summed E-state index contributed by atoms with van der Waals surface area (Å²) in [4.78, 5) is 34.9. The number of rotatable bonds is 6. The number of fused-ring (bicyclic) bond motifs is 2. The number of amides is 2. The Bertz CT molecular complexity index is 1110. The monoisotopic (exact) mass is 490 g/mol. The van der Waals surface area contributed by atoms with Crippen molar-refractivity contribution < 1.29 is 27.5 Å². The third-order valence-corrected chi connectivity index (χ3v) is 6.74. The highest BCUT2D eigenvalue weighted by molar-refractivity contribution is 5.92. The maximum Gasteiger partial charge on any atom is 0.416 e. The number of benzene rings is 1. The van der Waals surface area contributed by atoms with Gasteiger partial charge in [0.15, 0.2) is 0 Å². The molecular weight excluding hydrogens is 465 g/mol. The second kappa shape index (κ2) is 8.90. The molecule has 3 aliphatic heterocycles. The zero-order valence-corrected chi connectivity index (χ0v) is 18.7. The fourth-order valence-corrected chi connectivity index (χ4v) is 5.13. The number of nitrogens with zero attached hydrogens (tertiary/aromatic N) is 3. The van der Waals surface area contributed by atoms with Crippen molar-refractivity contribution in [2.24, 2.45) is 5.73 Å². The van der Waals surface area contributed by atoms with E-state index in [1.807, 2.05) is 0 Å². The molecule has 0 aliphatic carbocycles. The highest BCUT2D eigenvalue weighted by Gasteiger charge is 2.43. The van der Waals surface area contributed by atoms with Gasteiger partial charge >= 0.3 is 6.18 Å². The molecule has 12 heteroatoms. The summed E-state index contributed by atoms with van der Waals surface area (Å²) in [6.45, 7) is 0.563. The number of halogens is 3. The van der Waals surface area contributed by atoms with Crippen molar-refractivity contribution in [1.82, 2.24) is 15.3 Å². The Kier molecular flexibility index (Phi) is 5.89. The van der Waals surface area contributed by atoms with Gasteiger partial charge < -0.3 is 26.0 Å². The van der Waals surface area contributed by atoms with Crippen LogP contribution in [-0.2, 0) is 11.0 Å². The second-order valence-electron chi connectivity index (χ2n) is 9.10. The van der Waals surface area contributed by atoms with Crippen LogP contribution in [0.5, 0.6) is 5.75 Å². The number of anilines is 2. The third-order valence-electron chi connectivity index (χ3n) is 6.74. The molecule has 1 aromatic heterocycles. The number of nitrogens with two attached hydrogens (primary N) is 1. The van der Waals surface area contributed by atoms with Crippen molar-refractivity contribution >= 4 is 23.6 Å². The lowest BCUT2D eigenvalue weighted by molar-refractivity contribution is -0.137. The Hall–Kier alpha value is -3.57. The zero-order valence-electron chi connectivity index (χ0n) is 18.7. The number of carbonyl (C=O) groups is 2. The van der Waals surface area contributed by atoms with Crippen LogP contribution in [0.4, 0.5) is 24.9 Å². The van der Waals surface area contributed by atoms with Gasteiger partial charge in [0.05, 0.1) is 5.56 Å². The predicted octanol–water partition coefficient (Wildman–Crippen LogP) is 2.47. The largest absolute Gasteiger partial charge is 0.490 e. The molecule has 2 bridgehead atoms. The van der Waals surface area contributed by atoms with E-state index in [0.29, 0.717) is 43.3 Å². The molecule has 0 radical (unpaired) electrons. The standard InChI is InChI=1S/C23H25F3N6O3/c24-23(25,26)12-1-5-15(6-2-12)35-16-9-13-3-4-14(10-16)32(13)22-30-18(20(27)33)11-19(31-22)29-17-7-8-28-21(17)34/h1-2,5-6,11,13-14,16-17H,3-4,7-10H2,(H2,27,33)(H,28,34)(H,29,30,31). The normalized spacial score (nSPS) is 25.9. The maximum atomic E-state index is 12.8. The summed E-state index contributed by atoms with van der Waals surface area (Å²) in [6.07, 6.45) is -0.949. The molecule has 1 aromatic carbocycles. The Morgan fingerprint density at radius 3 is 2.37 bits per heavy atom. The van der Waals surface area contributed by atoms with Gasteiger partial charge in [0.2, 0.25) is 11.9 Å². The Labute approximate surface area is 199 Å². The molecule has 3 aliphatic rings. The minimum absolute atomic E-state index is 0.0407. The molecule has 3 unspecified atom stereocenters. The maximum absolute atomic E-state index is 12.8. The van der Waals surface area contributed by atoms with Gasteiger partial charge in [-0.2, -0.15) is 18.2 Å². The van der Waals surface area contributed by atoms with E-state index in [4.69, 9.17) is 10.5 Å². The van der Waals surface area contributed by atoms with Crippen molar-refractivity contribution in [2.45, 2.75) is 62.5 Å². The molecule has 3 atom stereocenters. The molecular formula is C23H25F3N6O3. The number of carbonyl (C=O) groups excluding carboxylic acids is 2. The van der Waals surface area contributed by atoms with Crippen molar-refractivity contribution in [1.29, 1.82) is 0 Å². The fourth-order valence-electron chi connectivity index (χ4n) is 5.13. The molecule has 3 saturated heterocycles. The molecule has 35 heavy (non-hydrogen) atoms. The van der Waals surface area contributed by atoms with Crippen molar-refractivity contribution in [3.05, 3.63) is 41.6 Å². The minimum atomic E-state index is -4.39. The van der Waals surface area contributed by atoms with Crippen molar-refractivity contribution in [3.8, 4) is 5.75 Å². The molecule has 3 fully saturated rings. The molecule has 9 nitrogen and oxygen atoms in total. The Morgan fingerprint density at radius 2 is 1.80 bits per heavy atom. The molecule has 0 spiro atoms. The van der Waals surface area contributed by atoms with Gasteiger partial charge in [-0.15, -0.1) is 0 Å². The molecule has 2 aromatic rings. The van der Waals surface area contributed by atoms with Crippen molar-refractivity contribution in [3.63, 3.8) is 0 Å². The van der Waals surface area contributed by atoms with Crippen LogP contribution in [0, 0.1) is 0 Å². The third kappa shape index (κ3) is 4.82. The summed E-state index contributed by atoms with van der Waals surface area (Å²) in [5.74, 6) is 0.285. The summed E-state index contributed by atoms with van der Waals surface area (Å²) in [5, 5.41) is 5.82. The number of primary amides is 1. The average Bonchev–Trinajstić information content (AvgIpc) is 3.33. The lowest BCUT2D eigenvalue weighted by Crippen LogP contribution is -2.47. The van der Waals surface area contributed by atoms with E-state index in [9.17, 15) is 22.8 Å². The summed E-state index contributed by atoms with van der Waals surface area (Å²) in [5.41, 5.74) is 4.84. The van der Waals surface area contributed by atoms with E-state index in [1.165, 1.54) is 18.2 Å². The first kappa shape index (κ1) is 23.2. The van der Waals surface area contributed by atoms with E-state index >= 15 is 0 Å². The first-order valence-corrected chi connectivity index (χ1v) is 11.5.